The number of nitrogens with zero attached hydrogens (tertiary/aromatic N) is 2. The minimum absolute atomic E-state index is 0.168. The minimum Gasteiger partial charge on any atom is -0.198 e. The Bertz CT molecular complexity index is 681. The van der Waals surface area contributed by atoms with Gasteiger partial charge < -0.3 is 0 Å². The Labute approximate surface area is 137 Å². The van der Waals surface area contributed by atoms with Crippen molar-refractivity contribution in [3.05, 3.63) is 69.2 Å². The first-order valence-electron chi connectivity index (χ1n) is 6.43. The van der Waals surface area contributed by atoms with Gasteiger partial charge in [-0.25, -0.2) is 0 Å². The Morgan fingerprint density at radius 1 is 0.952 bits per heavy atom. The predicted molar refractivity (Wildman–Crippen MR) is 86.9 cm³/mol. The zero-order valence-electron chi connectivity index (χ0n) is 11.1. The molecule has 0 saturated carbocycles. The van der Waals surface area contributed by atoms with Gasteiger partial charge in [-0.1, -0.05) is 51.8 Å². The summed E-state index contributed by atoms with van der Waals surface area (Å²) in [5, 5.41) is 19.3. The van der Waals surface area contributed by atoms with E-state index in [-0.39, 0.29) is 18.3 Å². The first kappa shape index (κ1) is 15.6. The SMILES string of the molecule is N#CC[C@@H](c1ccc(Cl)cc1)[C@@H](C#N)c1ccc(Br)cc1. The lowest BCUT2D eigenvalue weighted by atomic mass is 9.80. The third-order valence-corrected chi connectivity index (χ3v) is 4.16. The van der Waals surface area contributed by atoms with Crippen molar-refractivity contribution < 1.29 is 0 Å². The molecule has 2 nitrogen and oxygen atoms in total. The van der Waals surface area contributed by atoms with Crippen LogP contribution in [0.3, 0.4) is 0 Å². The Balaban J connectivity index is 2.39. The average Bonchev–Trinajstić information content (AvgIpc) is 2.50. The monoisotopic (exact) mass is 358 g/mol. The van der Waals surface area contributed by atoms with Crippen LogP contribution in [0.1, 0.15) is 29.4 Å². The summed E-state index contributed by atoms with van der Waals surface area (Å²) < 4.78 is 0.964. The van der Waals surface area contributed by atoms with Gasteiger partial charge in [0.15, 0.2) is 0 Å². The van der Waals surface area contributed by atoms with Gasteiger partial charge in [0.1, 0.15) is 0 Å². The Hall–Kier alpha value is -1.81. The van der Waals surface area contributed by atoms with Crippen LogP contribution < -0.4 is 0 Å². The molecule has 0 aromatic heterocycles. The van der Waals surface area contributed by atoms with Crippen LogP contribution in [0.25, 0.3) is 0 Å². The molecule has 4 heteroatoms. The smallest absolute Gasteiger partial charge is 0.0791 e. The van der Waals surface area contributed by atoms with Crippen molar-refractivity contribution in [1.82, 2.24) is 0 Å². The van der Waals surface area contributed by atoms with E-state index in [1.165, 1.54) is 0 Å². The molecule has 2 aromatic rings. The number of benzene rings is 2. The lowest BCUT2D eigenvalue weighted by Gasteiger charge is -2.20. The molecule has 21 heavy (non-hydrogen) atoms. The maximum absolute atomic E-state index is 9.56. The van der Waals surface area contributed by atoms with Crippen molar-refractivity contribution >= 4 is 27.5 Å². The Kier molecular flexibility index (Phi) is 5.39. The van der Waals surface area contributed by atoms with Gasteiger partial charge in [-0.2, -0.15) is 10.5 Å². The van der Waals surface area contributed by atoms with E-state index in [0.717, 1.165) is 15.6 Å². The number of nitriles is 2. The predicted octanol–water partition coefficient (Wildman–Crippen LogP) is 5.41. The topological polar surface area (TPSA) is 47.6 Å². The molecule has 0 fully saturated rings. The van der Waals surface area contributed by atoms with Crippen LogP contribution in [0.5, 0.6) is 0 Å². The van der Waals surface area contributed by atoms with Crippen molar-refractivity contribution in [1.29, 1.82) is 10.5 Å². The molecule has 0 aliphatic carbocycles. The van der Waals surface area contributed by atoms with Crippen molar-refractivity contribution in [3.63, 3.8) is 0 Å². The first-order chi connectivity index (χ1) is 10.2. The molecule has 0 amide bonds. The summed E-state index contributed by atoms with van der Waals surface area (Å²) >= 11 is 9.29. The van der Waals surface area contributed by atoms with E-state index >= 15 is 0 Å². The summed E-state index contributed by atoms with van der Waals surface area (Å²) in [7, 11) is 0. The summed E-state index contributed by atoms with van der Waals surface area (Å²) in [5.74, 6) is -0.530. The molecule has 2 atom stereocenters. The molecule has 0 bridgehead atoms. The lowest BCUT2D eigenvalue weighted by Crippen LogP contribution is -2.09. The second-order valence-electron chi connectivity index (χ2n) is 4.68. The molecule has 2 rings (SSSR count). The van der Waals surface area contributed by atoms with Crippen molar-refractivity contribution in [3.8, 4) is 12.1 Å². The fourth-order valence-corrected chi connectivity index (χ4v) is 2.69. The van der Waals surface area contributed by atoms with Gasteiger partial charge in [-0.05, 0) is 35.4 Å². The lowest BCUT2D eigenvalue weighted by molar-refractivity contribution is 0.641. The third kappa shape index (κ3) is 3.85. The highest BCUT2D eigenvalue weighted by atomic mass is 79.9. The standard InChI is InChI=1S/C17H12BrClN2/c18-14-5-1-13(2-6-14)17(11-21)16(9-10-20)12-3-7-15(19)8-4-12/h1-8,16-17H,9H2/t16-,17-/m0/s1. The summed E-state index contributed by atoms with van der Waals surface area (Å²) in [4.78, 5) is 0. The van der Waals surface area contributed by atoms with E-state index in [4.69, 9.17) is 16.9 Å². The van der Waals surface area contributed by atoms with Crippen molar-refractivity contribution in [2.45, 2.75) is 18.3 Å². The molecule has 0 spiro atoms. The third-order valence-electron chi connectivity index (χ3n) is 3.38. The van der Waals surface area contributed by atoms with E-state index in [2.05, 4.69) is 28.1 Å². The molecular weight excluding hydrogens is 348 g/mol. The molecule has 0 aliphatic rings. The van der Waals surface area contributed by atoms with E-state index in [0.29, 0.717) is 5.02 Å². The van der Waals surface area contributed by atoms with Gasteiger partial charge in [0, 0.05) is 21.8 Å². The molecule has 0 radical (unpaired) electrons. The molecule has 0 unspecified atom stereocenters. The zero-order valence-corrected chi connectivity index (χ0v) is 13.5. The van der Waals surface area contributed by atoms with Crippen LogP contribution in [-0.4, -0.2) is 0 Å². The average molecular weight is 360 g/mol. The largest absolute Gasteiger partial charge is 0.198 e. The van der Waals surface area contributed by atoms with Gasteiger partial charge in [-0.15, -0.1) is 0 Å². The molecule has 2 aromatic carbocycles. The summed E-state index contributed by atoms with van der Waals surface area (Å²) in [6.45, 7) is 0. The second-order valence-corrected chi connectivity index (χ2v) is 6.03. The molecule has 0 aliphatic heterocycles. The highest BCUT2D eigenvalue weighted by molar-refractivity contribution is 9.10. The van der Waals surface area contributed by atoms with E-state index in [1.807, 2.05) is 36.4 Å². The van der Waals surface area contributed by atoms with Gasteiger partial charge >= 0.3 is 0 Å². The van der Waals surface area contributed by atoms with Gasteiger partial charge in [0.05, 0.1) is 18.1 Å². The van der Waals surface area contributed by atoms with Crippen LogP contribution >= 0.6 is 27.5 Å². The second kappa shape index (κ2) is 7.27. The minimum atomic E-state index is -0.362. The number of rotatable bonds is 4. The zero-order chi connectivity index (χ0) is 15.2. The van der Waals surface area contributed by atoms with Gasteiger partial charge in [-0.3, -0.25) is 0 Å². The van der Waals surface area contributed by atoms with Crippen molar-refractivity contribution in [2.24, 2.45) is 0 Å². The highest BCUT2D eigenvalue weighted by Gasteiger charge is 2.24. The van der Waals surface area contributed by atoms with Crippen LogP contribution in [0.4, 0.5) is 0 Å². The van der Waals surface area contributed by atoms with Crippen LogP contribution in [0.2, 0.25) is 5.02 Å². The van der Waals surface area contributed by atoms with Crippen LogP contribution in [-0.2, 0) is 0 Å². The quantitative estimate of drug-likeness (QED) is 0.733. The Morgan fingerprint density at radius 3 is 2.05 bits per heavy atom. The van der Waals surface area contributed by atoms with Crippen molar-refractivity contribution in [2.75, 3.05) is 0 Å². The van der Waals surface area contributed by atoms with Gasteiger partial charge in [0.2, 0.25) is 0 Å². The van der Waals surface area contributed by atoms with Crippen LogP contribution in [0, 0.1) is 22.7 Å². The first-order valence-corrected chi connectivity index (χ1v) is 7.60. The van der Waals surface area contributed by atoms with E-state index < -0.39 is 0 Å². The van der Waals surface area contributed by atoms with Gasteiger partial charge in [0.25, 0.3) is 0 Å². The number of hydrogen-bond acceptors (Lipinski definition) is 2. The summed E-state index contributed by atoms with van der Waals surface area (Å²) in [6, 6.07) is 19.5. The molecule has 0 heterocycles. The number of hydrogen-bond donors (Lipinski definition) is 0. The number of halogens is 2. The molecule has 0 N–H and O–H groups in total. The molecule has 0 saturated heterocycles. The van der Waals surface area contributed by atoms with E-state index in [9.17, 15) is 5.26 Å². The van der Waals surface area contributed by atoms with Crippen LogP contribution in [0.15, 0.2) is 53.0 Å². The molecule has 104 valence electrons. The fourth-order valence-electron chi connectivity index (χ4n) is 2.30. The normalized spacial score (nSPS) is 13.0. The highest BCUT2D eigenvalue weighted by Crippen LogP contribution is 2.36. The summed E-state index contributed by atoms with van der Waals surface area (Å²) in [5.41, 5.74) is 1.87. The van der Waals surface area contributed by atoms with E-state index in [1.54, 1.807) is 12.1 Å². The maximum Gasteiger partial charge on any atom is 0.0791 e. The Morgan fingerprint density at radius 2 is 1.52 bits per heavy atom. The fraction of sp³-hybridized carbons (Fsp3) is 0.176. The molecular formula is C17H12BrClN2. The maximum atomic E-state index is 9.56. The summed E-state index contributed by atoms with van der Waals surface area (Å²) in [6.07, 6.45) is 0.288.